The van der Waals surface area contributed by atoms with E-state index in [4.69, 9.17) is 10.2 Å². The SMILES string of the molecule is CC(=O)c1nc(N)oc1-c1cc(C)ccc1C. The lowest BCUT2D eigenvalue weighted by Crippen LogP contribution is -1.96. The molecule has 0 bridgehead atoms. The molecular formula is C13H14N2O2. The van der Waals surface area contributed by atoms with Crippen LogP contribution in [0.3, 0.4) is 0 Å². The van der Waals surface area contributed by atoms with Crippen LogP contribution in [0.1, 0.15) is 28.5 Å². The van der Waals surface area contributed by atoms with Crippen LogP contribution in [0, 0.1) is 13.8 Å². The number of carbonyl (C=O) groups excluding carboxylic acids is 1. The van der Waals surface area contributed by atoms with Crippen molar-refractivity contribution in [1.29, 1.82) is 0 Å². The Kier molecular flexibility index (Phi) is 2.71. The summed E-state index contributed by atoms with van der Waals surface area (Å²) in [6.45, 7) is 5.39. The second-order valence-electron chi connectivity index (χ2n) is 4.10. The number of nitrogens with two attached hydrogens (primary N) is 1. The Hall–Kier alpha value is -2.10. The predicted octanol–water partition coefficient (Wildman–Crippen LogP) is 2.74. The van der Waals surface area contributed by atoms with Crippen molar-refractivity contribution in [3.05, 3.63) is 35.0 Å². The Balaban J connectivity index is 2.67. The Morgan fingerprint density at radius 3 is 2.71 bits per heavy atom. The molecule has 0 amide bonds. The summed E-state index contributed by atoms with van der Waals surface area (Å²) in [6, 6.07) is 5.96. The molecule has 4 heteroatoms. The van der Waals surface area contributed by atoms with Crippen LogP contribution in [0.15, 0.2) is 22.6 Å². The molecule has 0 atom stereocenters. The lowest BCUT2D eigenvalue weighted by molar-refractivity contribution is 0.101. The number of anilines is 1. The molecule has 0 saturated carbocycles. The van der Waals surface area contributed by atoms with Crippen LogP contribution in [0.25, 0.3) is 11.3 Å². The normalized spacial score (nSPS) is 10.5. The highest BCUT2D eigenvalue weighted by molar-refractivity contribution is 5.98. The molecular weight excluding hydrogens is 216 g/mol. The summed E-state index contributed by atoms with van der Waals surface area (Å²) in [5.41, 5.74) is 8.78. The number of Topliss-reactive ketones (excluding diaryl/α,β-unsaturated/α-hetero) is 1. The third-order valence-electron chi connectivity index (χ3n) is 2.61. The molecule has 2 rings (SSSR count). The zero-order chi connectivity index (χ0) is 12.6. The summed E-state index contributed by atoms with van der Waals surface area (Å²) in [6.07, 6.45) is 0. The van der Waals surface area contributed by atoms with Gasteiger partial charge in [0, 0.05) is 12.5 Å². The number of hydrogen-bond acceptors (Lipinski definition) is 4. The van der Waals surface area contributed by atoms with Crippen LogP contribution in [0.2, 0.25) is 0 Å². The van der Waals surface area contributed by atoms with Crippen molar-refractivity contribution < 1.29 is 9.21 Å². The van der Waals surface area contributed by atoms with Gasteiger partial charge in [-0.15, -0.1) is 0 Å². The maximum Gasteiger partial charge on any atom is 0.293 e. The summed E-state index contributed by atoms with van der Waals surface area (Å²) >= 11 is 0. The molecule has 1 heterocycles. The van der Waals surface area contributed by atoms with E-state index in [1.165, 1.54) is 6.92 Å². The van der Waals surface area contributed by atoms with E-state index in [0.717, 1.165) is 16.7 Å². The number of ketones is 1. The van der Waals surface area contributed by atoms with E-state index in [2.05, 4.69) is 4.98 Å². The molecule has 88 valence electrons. The number of rotatable bonds is 2. The number of carbonyl (C=O) groups is 1. The molecule has 1 aromatic carbocycles. The van der Waals surface area contributed by atoms with E-state index in [9.17, 15) is 4.79 Å². The van der Waals surface area contributed by atoms with Crippen molar-refractivity contribution in [2.75, 3.05) is 5.73 Å². The van der Waals surface area contributed by atoms with Crippen LogP contribution in [-0.4, -0.2) is 10.8 Å². The molecule has 4 nitrogen and oxygen atoms in total. The Labute approximate surface area is 99.5 Å². The first-order valence-electron chi connectivity index (χ1n) is 5.34. The molecule has 0 aliphatic heterocycles. The Bertz CT molecular complexity index is 585. The third kappa shape index (κ3) is 2.06. The van der Waals surface area contributed by atoms with Crippen molar-refractivity contribution in [1.82, 2.24) is 4.98 Å². The average Bonchev–Trinajstić information content (AvgIpc) is 2.64. The monoisotopic (exact) mass is 230 g/mol. The van der Waals surface area contributed by atoms with E-state index in [0.29, 0.717) is 5.76 Å². The standard InChI is InChI=1S/C13H14N2O2/c1-7-4-5-8(2)10(6-7)12-11(9(3)16)15-13(14)17-12/h4-6H,1-3H3,(H2,14,15). The number of aromatic nitrogens is 1. The molecule has 0 aliphatic rings. The van der Waals surface area contributed by atoms with E-state index in [-0.39, 0.29) is 17.5 Å². The van der Waals surface area contributed by atoms with E-state index >= 15 is 0 Å². The molecule has 0 unspecified atom stereocenters. The Morgan fingerprint density at radius 1 is 1.35 bits per heavy atom. The molecule has 2 aromatic rings. The van der Waals surface area contributed by atoms with E-state index in [1.807, 2.05) is 32.0 Å². The highest BCUT2D eigenvalue weighted by Crippen LogP contribution is 2.29. The van der Waals surface area contributed by atoms with Gasteiger partial charge in [-0.05, 0) is 25.5 Å². The summed E-state index contributed by atoms with van der Waals surface area (Å²) < 4.78 is 5.34. The van der Waals surface area contributed by atoms with Crippen molar-refractivity contribution in [2.24, 2.45) is 0 Å². The largest absolute Gasteiger partial charge is 0.423 e. The number of oxazole rings is 1. The lowest BCUT2D eigenvalue weighted by atomic mass is 10.0. The number of nitrogens with zero attached hydrogens (tertiary/aromatic N) is 1. The van der Waals surface area contributed by atoms with Crippen molar-refractivity contribution in [3.63, 3.8) is 0 Å². The van der Waals surface area contributed by atoms with Crippen LogP contribution in [-0.2, 0) is 0 Å². The lowest BCUT2D eigenvalue weighted by Gasteiger charge is -2.04. The molecule has 17 heavy (non-hydrogen) atoms. The average molecular weight is 230 g/mol. The predicted molar refractivity (Wildman–Crippen MR) is 65.8 cm³/mol. The topological polar surface area (TPSA) is 69.1 Å². The molecule has 0 saturated heterocycles. The van der Waals surface area contributed by atoms with Gasteiger partial charge in [0.1, 0.15) is 0 Å². The highest BCUT2D eigenvalue weighted by atomic mass is 16.4. The Morgan fingerprint density at radius 2 is 2.06 bits per heavy atom. The summed E-state index contributed by atoms with van der Waals surface area (Å²) in [4.78, 5) is 15.4. The summed E-state index contributed by atoms with van der Waals surface area (Å²) in [7, 11) is 0. The van der Waals surface area contributed by atoms with Crippen LogP contribution < -0.4 is 5.73 Å². The second-order valence-corrected chi connectivity index (χ2v) is 4.10. The molecule has 0 radical (unpaired) electrons. The number of aryl methyl sites for hydroxylation is 2. The maximum absolute atomic E-state index is 11.5. The van der Waals surface area contributed by atoms with Crippen molar-refractivity contribution in [2.45, 2.75) is 20.8 Å². The van der Waals surface area contributed by atoms with Gasteiger partial charge in [0.15, 0.2) is 17.2 Å². The molecule has 0 spiro atoms. The highest BCUT2D eigenvalue weighted by Gasteiger charge is 2.18. The van der Waals surface area contributed by atoms with Gasteiger partial charge in [-0.2, -0.15) is 4.98 Å². The van der Waals surface area contributed by atoms with Gasteiger partial charge < -0.3 is 10.2 Å². The first-order valence-corrected chi connectivity index (χ1v) is 5.34. The van der Waals surface area contributed by atoms with Crippen molar-refractivity contribution >= 4 is 11.8 Å². The van der Waals surface area contributed by atoms with Crippen molar-refractivity contribution in [3.8, 4) is 11.3 Å². The minimum atomic E-state index is -0.152. The van der Waals surface area contributed by atoms with E-state index in [1.54, 1.807) is 0 Å². The van der Waals surface area contributed by atoms with E-state index < -0.39 is 0 Å². The third-order valence-corrected chi connectivity index (χ3v) is 2.61. The van der Waals surface area contributed by atoms with Crippen LogP contribution in [0.5, 0.6) is 0 Å². The van der Waals surface area contributed by atoms with Gasteiger partial charge >= 0.3 is 0 Å². The van der Waals surface area contributed by atoms with Gasteiger partial charge in [-0.1, -0.05) is 17.7 Å². The van der Waals surface area contributed by atoms with Gasteiger partial charge in [-0.25, -0.2) is 0 Å². The fourth-order valence-corrected chi connectivity index (χ4v) is 1.74. The molecule has 2 N–H and O–H groups in total. The maximum atomic E-state index is 11.5. The summed E-state index contributed by atoms with van der Waals surface area (Å²) in [5, 5.41) is 0. The van der Waals surface area contributed by atoms with Crippen LogP contribution >= 0.6 is 0 Å². The number of hydrogen-bond donors (Lipinski definition) is 1. The smallest absolute Gasteiger partial charge is 0.293 e. The second kappa shape index (κ2) is 4.05. The van der Waals surface area contributed by atoms with Gasteiger partial charge in [0.05, 0.1) is 0 Å². The summed E-state index contributed by atoms with van der Waals surface area (Å²) in [5.74, 6) is 0.303. The minimum Gasteiger partial charge on any atom is -0.423 e. The number of nitrogen functional groups attached to an aromatic ring is 1. The molecule has 0 fully saturated rings. The molecule has 0 aliphatic carbocycles. The quantitative estimate of drug-likeness (QED) is 0.805. The first kappa shape index (κ1) is 11.4. The van der Waals surface area contributed by atoms with Gasteiger partial charge in [-0.3, -0.25) is 4.79 Å². The van der Waals surface area contributed by atoms with Gasteiger partial charge in [0.2, 0.25) is 0 Å². The molecule has 1 aromatic heterocycles. The zero-order valence-electron chi connectivity index (χ0n) is 10.1. The van der Waals surface area contributed by atoms with Crippen LogP contribution in [0.4, 0.5) is 6.01 Å². The number of benzene rings is 1. The fourth-order valence-electron chi connectivity index (χ4n) is 1.74. The van der Waals surface area contributed by atoms with Gasteiger partial charge in [0.25, 0.3) is 6.01 Å². The minimum absolute atomic E-state index is 0.0195. The zero-order valence-corrected chi connectivity index (χ0v) is 10.1. The first-order chi connectivity index (χ1) is 7.99. The fraction of sp³-hybridized carbons (Fsp3) is 0.231.